The zero-order chi connectivity index (χ0) is 40.0. The lowest BCUT2D eigenvalue weighted by Gasteiger charge is -2.63. The van der Waals surface area contributed by atoms with Crippen LogP contribution in [0, 0.1) is 25.2 Å². The molecule has 0 saturated heterocycles. The molecule has 1 atom stereocenters. The quantitative estimate of drug-likeness (QED) is 0.0922. The molecule has 304 valence electrons. The largest absolute Gasteiger partial charge is 0.478 e. The number of rotatable bonds is 16. The highest BCUT2D eigenvalue weighted by Gasteiger charge is 2.56. The zero-order valence-corrected chi connectivity index (χ0v) is 35.2. The number of sulfonamides is 1. The number of benzene rings is 2. The Labute approximate surface area is 340 Å². The molecular weight excluding hydrogens is 766 g/mol. The second kappa shape index (κ2) is 16.3. The molecular formula is C42H52ClN7O6S. The molecule has 2 aromatic carbocycles. The lowest BCUT2D eigenvalue weighted by molar-refractivity contribution is -0.119. The third-order valence-corrected chi connectivity index (χ3v) is 12.5. The van der Waals surface area contributed by atoms with E-state index in [1.807, 2.05) is 38.2 Å². The number of anilines is 1. The second-order valence-electron chi connectivity index (χ2n) is 16.6. The van der Waals surface area contributed by atoms with Gasteiger partial charge in [0.1, 0.15) is 12.1 Å². The van der Waals surface area contributed by atoms with Crippen LogP contribution in [0.3, 0.4) is 0 Å². The Morgan fingerprint density at radius 3 is 2.39 bits per heavy atom. The number of halogens is 1. The van der Waals surface area contributed by atoms with E-state index in [9.17, 15) is 18.3 Å². The lowest BCUT2D eigenvalue weighted by Crippen LogP contribution is -2.55. The third kappa shape index (κ3) is 8.79. The molecule has 2 bridgehead atoms. The molecule has 3 aromatic heterocycles. The first-order valence-electron chi connectivity index (χ1n) is 19.1. The van der Waals surface area contributed by atoms with Crippen molar-refractivity contribution in [2.75, 3.05) is 25.0 Å². The maximum atomic E-state index is 13.5. The fraction of sp³-hybridized carbons (Fsp3) is 0.452. The number of aryl methyl sites for hydroxylation is 3. The number of aromatic carboxylic acids is 1. The summed E-state index contributed by atoms with van der Waals surface area (Å²) in [5, 5.41) is 13.2. The first kappa shape index (κ1) is 42.0. The molecule has 57 heavy (non-hydrogen) atoms. The molecule has 3 aliphatic rings. The van der Waals surface area contributed by atoms with E-state index in [0.717, 1.165) is 58.4 Å². The fourth-order valence-corrected chi connectivity index (χ4v) is 9.67. The van der Waals surface area contributed by atoms with Gasteiger partial charge in [-0.3, -0.25) is 4.98 Å². The minimum Gasteiger partial charge on any atom is -0.478 e. The van der Waals surface area contributed by atoms with Crippen molar-refractivity contribution in [1.29, 1.82) is 0 Å². The predicted octanol–water partition coefficient (Wildman–Crippen LogP) is 7.18. The number of carboxylic acids is 1. The highest BCUT2D eigenvalue weighted by atomic mass is 35.5. The van der Waals surface area contributed by atoms with Gasteiger partial charge in [-0.25, -0.2) is 27.9 Å². The number of carboxylic acid groups (broad SMARTS) is 1. The van der Waals surface area contributed by atoms with Gasteiger partial charge in [0, 0.05) is 55.0 Å². The molecule has 0 unspecified atom stereocenters. The van der Waals surface area contributed by atoms with E-state index >= 15 is 0 Å². The number of nitrogens with zero attached hydrogens (tertiary/aromatic N) is 5. The van der Waals surface area contributed by atoms with Gasteiger partial charge in [0.25, 0.3) is 10.0 Å². The van der Waals surface area contributed by atoms with Crippen molar-refractivity contribution < 1.29 is 27.8 Å². The van der Waals surface area contributed by atoms with Crippen LogP contribution in [0.2, 0.25) is 0 Å². The number of hydrogen-bond acceptors (Lipinski definition) is 10. The maximum absolute atomic E-state index is 13.5. The minimum atomic E-state index is -4.25. The van der Waals surface area contributed by atoms with E-state index in [1.54, 1.807) is 13.2 Å². The summed E-state index contributed by atoms with van der Waals surface area (Å²) in [7, 11) is -0.481. The van der Waals surface area contributed by atoms with Crippen LogP contribution in [0.15, 0.2) is 59.6 Å². The summed E-state index contributed by atoms with van der Waals surface area (Å²) in [6, 6.07) is 12.7. The van der Waals surface area contributed by atoms with Crippen LogP contribution in [0.25, 0.3) is 22.4 Å². The van der Waals surface area contributed by atoms with Gasteiger partial charge in [0.2, 0.25) is 11.8 Å². The van der Waals surface area contributed by atoms with Crippen LogP contribution >= 0.6 is 12.4 Å². The lowest BCUT2D eigenvalue weighted by atomic mass is 9.43. The van der Waals surface area contributed by atoms with Gasteiger partial charge >= 0.3 is 5.97 Å². The predicted molar refractivity (Wildman–Crippen MR) is 222 cm³/mol. The van der Waals surface area contributed by atoms with Crippen molar-refractivity contribution in [3.05, 3.63) is 88.4 Å². The van der Waals surface area contributed by atoms with Gasteiger partial charge in [-0.05, 0) is 86.6 Å². The van der Waals surface area contributed by atoms with E-state index in [1.165, 1.54) is 48.7 Å². The first-order valence-corrected chi connectivity index (χ1v) is 20.5. The van der Waals surface area contributed by atoms with Crippen molar-refractivity contribution in [1.82, 2.24) is 29.8 Å². The molecule has 5 aromatic rings. The molecule has 0 radical (unpaired) electrons. The molecule has 3 heterocycles. The fourth-order valence-electron chi connectivity index (χ4n) is 8.69. The number of methoxy groups -OCH3 is 1. The normalized spacial score (nSPS) is 18.0. The summed E-state index contributed by atoms with van der Waals surface area (Å²) >= 11 is 0. The van der Waals surface area contributed by atoms with Crippen LogP contribution in [0.5, 0.6) is 5.88 Å². The van der Waals surface area contributed by atoms with E-state index in [4.69, 9.17) is 19.4 Å². The molecule has 15 heteroatoms. The summed E-state index contributed by atoms with van der Waals surface area (Å²) in [4.78, 5) is 30.5. The van der Waals surface area contributed by atoms with Crippen LogP contribution in [0.4, 0.5) is 5.95 Å². The molecule has 8 rings (SSSR count). The zero-order valence-electron chi connectivity index (χ0n) is 33.5. The topological polar surface area (TPSA) is 170 Å². The van der Waals surface area contributed by atoms with Gasteiger partial charge in [-0.2, -0.15) is 4.98 Å². The number of fused-ring (bicyclic) bond motifs is 1. The second-order valence-corrected chi connectivity index (χ2v) is 18.3. The molecule has 3 fully saturated rings. The van der Waals surface area contributed by atoms with Gasteiger partial charge in [-0.1, -0.05) is 45.0 Å². The van der Waals surface area contributed by atoms with Gasteiger partial charge in [0.05, 0.1) is 34.7 Å². The number of ether oxygens (including phenoxy) is 2. The highest BCUT2D eigenvalue weighted by molar-refractivity contribution is 7.92. The number of hydrogen-bond donors (Lipinski definition) is 3. The Bertz CT molecular complexity index is 2370. The van der Waals surface area contributed by atoms with E-state index < -0.39 is 16.0 Å². The summed E-state index contributed by atoms with van der Waals surface area (Å²) in [5.41, 5.74) is 8.23. The van der Waals surface area contributed by atoms with Crippen LogP contribution < -0.4 is 14.8 Å². The maximum Gasteiger partial charge on any atom is 0.335 e. The monoisotopic (exact) mass is 817 g/mol. The van der Waals surface area contributed by atoms with Gasteiger partial charge in [-0.15, -0.1) is 12.4 Å². The highest BCUT2D eigenvalue weighted by Crippen LogP contribution is 2.66. The molecule has 13 nitrogen and oxygen atoms in total. The van der Waals surface area contributed by atoms with E-state index in [-0.39, 0.29) is 52.8 Å². The van der Waals surface area contributed by atoms with Crippen molar-refractivity contribution in [2.45, 2.75) is 89.6 Å². The molecule has 0 aliphatic heterocycles. The minimum absolute atomic E-state index is 0. The van der Waals surface area contributed by atoms with Crippen LogP contribution in [-0.2, 0) is 40.2 Å². The number of carbonyl (C=O) groups is 1. The van der Waals surface area contributed by atoms with E-state index in [0.29, 0.717) is 24.3 Å². The molecule has 0 amide bonds. The molecule has 3 N–H and O–H groups in total. The van der Waals surface area contributed by atoms with Crippen molar-refractivity contribution in [3.63, 3.8) is 0 Å². The SMILES string of the molecule is COCCc1c(C(C)(C)C)n(C)c2nc(CN[C@@H](COc3cc(-c4c(C)cccc4C)nc(NS(=O)(=O)c4cccc(C(=O)O)c4)n3)CC34CC(C3)C4)cnc12.Cl. The Morgan fingerprint density at radius 1 is 1.05 bits per heavy atom. The van der Waals surface area contributed by atoms with E-state index in [2.05, 4.69) is 52.4 Å². The van der Waals surface area contributed by atoms with Crippen molar-refractivity contribution >= 4 is 45.5 Å². The average molecular weight is 818 g/mol. The van der Waals surface area contributed by atoms with Crippen molar-refractivity contribution in [3.8, 4) is 17.1 Å². The smallest absolute Gasteiger partial charge is 0.335 e. The Kier molecular flexibility index (Phi) is 12.0. The number of aromatic nitrogens is 5. The molecule has 0 spiro atoms. The number of nitrogens with one attached hydrogen (secondary N) is 2. The third-order valence-electron chi connectivity index (χ3n) is 11.2. The summed E-state index contributed by atoms with van der Waals surface area (Å²) in [6.45, 7) is 11.9. The van der Waals surface area contributed by atoms with Crippen LogP contribution in [-0.4, -0.2) is 70.4 Å². The standard InChI is InChI=1S/C42H51N7O6S.ClH/c1-25-10-8-11-26(2)35(25)33-17-34(47-40(46-33)48-56(52,53)31-13-9-12-28(16-31)39(50)51)55-24-29(21-42-18-27(19-42)20-42)43-22-30-23-44-36-32(14-15-54-7)37(41(3,4)5)49(6)38(36)45-30;/h8-13,16-17,23,27,29,43H,14-15,18-22,24H2,1-7H3,(H,50,51)(H,46,47,48);1H/t27?,29-,42?;/m1./s1. The Morgan fingerprint density at radius 2 is 1.75 bits per heavy atom. The Hall–Kier alpha value is -4.63. The van der Waals surface area contributed by atoms with Gasteiger partial charge < -0.3 is 24.5 Å². The van der Waals surface area contributed by atoms with Crippen molar-refractivity contribution in [2.24, 2.45) is 18.4 Å². The van der Waals surface area contributed by atoms with Crippen LogP contribution in [0.1, 0.15) is 84.9 Å². The first-order chi connectivity index (χ1) is 26.6. The van der Waals surface area contributed by atoms with Gasteiger partial charge in [0.15, 0.2) is 5.65 Å². The average Bonchev–Trinajstić information content (AvgIpc) is 3.39. The Balaban J connectivity index is 0.00000549. The summed E-state index contributed by atoms with van der Waals surface area (Å²) in [6.07, 6.45) is 7.19. The molecule has 3 saturated carbocycles. The molecule has 3 aliphatic carbocycles. The summed E-state index contributed by atoms with van der Waals surface area (Å²) in [5.74, 6) is -0.389. The summed E-state index contributed by atoms with van der Waals surface area (Å²) < 4.78 is 43.6.